The molecule has 21 heavy (non-hydrogen) atoms. The molecule has 2 unspecified atom stereocenters. The number of amides is 1. The van der Waals surface area contributed by atoms with Crippen molar-refractivity contribution >= 4 is 11.9 Å². The SMILES string of the molecule is O=C(Cc1c(F)cccc1F)NC1CCCCC1C(=O)O. The van der Waals surface area contributed by atoms with Crippen LogP contribution in [0.5, 0.6) is 0 Å². The summed E-state index contributed by atoms with van der Waals surface area (Å²) >= 11 is 0. The molecule has 0 aromatic heterocycles. The maximum Gasteiger partial charge on any atom is 0.308 e. The maximum atomic E-state index is 13.5. The van der Waals surface area contributed by atoms with Crippen LogP contribution < -0.4 is 5.32 Å². The van der Waals surface area contributed by atoms with E-state index >= 15 is 0 Å². The number of hydrogen-bond donors (Lipinski definition) is 2. The monoisotopic (exact) mass is 297 g/mol. The van der Waals surface area contributed by atoms with Crippen LogP contribution >= 0.6 is 0 Å². The molecule has 1 saturated carbocycles. The Morgan fingerprint density at radius 2 is 1.81 bits per heavy atom. The molecule has 2 rings (SSSR count). The predicted molar refractivity (Wildman–Crippen MR) is 71.6 cm³/mol. The second-order valence-electron chi connectivity index (χ2n) is 5.28. The lowest BCUT2D eigenvalue weighted by Crippen LogP contribution is -2.45. The number of carbonyl (C=O) groups excluding carboxylic acids is 1. The molecular formula is C15H17F2NO3. The first-order valence-electron chi connectivity index (χ1n) is 6.94. The number of hydrogen-bond acceptors (Lipinski definition) is 2. The van der Waals surface area contributed by atoms with Gasteiger partial charge < -0.3 is 10.4 Å². The van der Waals surface area contributed by atoms with E-state index in [1.165, 1.54) is 6.07 Å². The lowest BCUT2D eigenvalue weighted by atomic mass is 9.84. The average molecular weight is 297 g/mol. The largest absolute Gasteiger partial charge is 0.481 e. The van der Waals surface area contributed by atoms with Gasteiger partial charge in [-0.25, -0.2) is 8.78 Å². The number of benzene rings is 1. The number of nitrogens with one attached hydrogen (secondary N) is 1. The van der Waals surface area contributed by atoms with E-state index in [9.17, 15) is 18.4 Å². The van der Waals surface area contributed by atoms with E-state index in [1.807, 2.05) is 0 Å². The molecule has 4 nitrogen and oxygen atoms in total. The van der Waals surface area contributed by atoms with Gasteiger partial charge in [-0.05, 0) is 25.0 Å². The summed E-state index contributed by atoms with van der Waals surface area (Å²) in [5, 5.41) is 11.7. The van der Waals surface area contributed by atoms with E-state index in [0.29, 0.717) is 12.8 Å². The quantitative estimate of drug-likeness (QED) is 0.896. The first-order chi connectivity index (χ1) is 9.99. The highest BCUT2D eigenvalue weighted by Crippen LogP contribution is 2.25. The number of carboxylic acid groups (broad SMARTS) is 1. The Morgan fingerprint density at radius 3 is 2.43 bits per heavy atom. The van der Waals surface area contributed by atoms with Crippen molar-refractivity contribution in [2.45, 2.75) is 38.1 Å². The van der Waals surface area contributed by atoms with Crippen molar-refractivity contribution in [2.24, 2.45) is 5.92 Å². The molecule has 1 amide bonds. The second-order valence-corrected chi connectivity index (χ2v) is 5.28. The highest BCUT2D eigenvalue weighted by atomic mass is 19.1. The van der Waals surface area contributed by atoms with Crippen LogP contribution in [-0.4, -0.2) is 23.0 Å². The van der Waals surface area contributed by atoms with Gasteiger partial charge in [-0.2, -0.15) is 0 Å². The molecule has 0 bridgehead atoms. The van der Waals surface area contributed by atoms with E-state index in [1.54, 1.807) is 0 Å². The van der Waals surface area contributed by atoms with Crippen LogP contribution in [-0.2, 0) is 16.0 Å². The summed E-state index contributed by atoms with van der Waals surface area (Å²) < 4.78 is 27.0. The topological polar surface area (TPSA) is 66.4 Å². The summed E-state index contributed by atoms with van der Waals surface area (Å²) in [5.74, 6) is -3.69. The molecule has 0 aliphatic heterocycles. The van der Waals surface area contributed by atoms with Crippen LogP contribution in [0.1, 0.15) is 31.2 Å². The first kappa shape index (κ1) is 15.4. The maximum absolute atomic E-state index is 13.5. The molecule has 0 radical (unpaired) electrons. The van der Waals surface area contributed by atoms with Crippen LogP contribution in [0.2, 0.25) is 0 Å². The molecule has 1 fully saturated rings. The molecule has 1 aliphatic rings. The van der Waals surface area contributed by atoms with Gasteiger partial charge in [-0.1, -0.05) is 18.9 Å². The number of carbonyl (C=O) groups is 2. The molecular weight excluding hydrogens is 280 g/mol. The molecule has 2 atom stereocenters. The Kier molecular flexibility index (Phi) is 4.88. The Balaban J connectivity index is 2.02. The molecule has 1 aromatic carbocycles. The first-order valence-corrected chi connectivity index (χ1v) is 6.94. The minimum Gasteiger partial charge on any atom is -0.481 e. The van der Waals surface area contributed by atoms with Crippen molar-refractivity contribution < 1.29 is 23.5 Å². The zero-order valence-corrected chi connectivity index (χ0v) is 11.4. The van der Waals surface area contributed by atoms with Crippen molar-refractivity contribution in [2.75, 3.05) is 0 Å². The van der Waals surface area contributed by atoms with Crippen LogP contribution in [0, 0.1) is 17.6 Å². The van der Waals surface area contributed by atoms with Gasteiger partial charge in [0.1, 0.15) is 11.6 Å². The summed E-state index contributed by atoms with van der Waals surface area (Å²) in [6, 6.07) is 2.94. The molecule has 0 spiro atoms. The van der Waals surface area contributed by atoms with E-state index in [0.717, 1.165) is 25.0 Å². The molecule has 1 aliphatic carbocycles. The van der Waals surface area contributed by atoms with E-state index in [2.05, 4.69) is 5.32 Å². The van der Waals surface area contributed by atoms with Crippen molar-refractivity contribution in [3.05, 3.63) is 35.4 Å². The van der Waals surface area contributed by atoms with Gasteiger partial charge in [0, 0.05) is 11.6 Å². The summed E-state index contributed by atoms with van der Waals surface area (Å²) in [6.07, 6.45) is 2.30. The highest BCUT2D eigenvalue weighted by Gasteiger charge is 2.31. The Morgan fingerprint density at radius 1 is 1.19 bits per heavy atom. The van der Waals surface area contributed by atoms with E-state index in [-0.39, 0.29) is 5.56 Å². The fourth-order valence-corrected chi connectivity index (χ4v) is 2.72. The Labute approximate surface area is 121 Å². The predicted octanol–water partition coefficient (Wildman–Crippen LogP) is 2.27. The molecule has 114 valence electrons. The van der Waals surface area contributed by atoms with Gasteiger partial charge in [0.15, 0.2) is 0 Å². The number of halogens is 2. The minimum absolute atomic E-state index is 0.294. The van der Waals surface area contributed by atoms with Gasteiger partial charge in [0.25, 0.3) is 0 Å². The third-order valence-electron chi connectivity index (χ3n) is 3.83. The van der Waals surface area contributed by atoms with Crippen molar-refractivity contribution in [1.29, 1.82) is 0 Å². The van der Waals surface area contributed by atoms with Crippen molar-refractivity contribution in [1.82, 2.24) is 5.32 Å². The molecule has 1 aromatic rings. The Hall–Kier alpha value is -1.98. The van der Waals surface area contributed by atoms with Gasteiger partial charge >= 0.3 is 5.97 Å². The van der Waals surface area contributed by atoms with Gasteiger partial charge in [0.05, 0.1) is 12.3 Å². The van der Waals surface area contributed by atoms with Crippen molar-refractivity contribution in [3.8, 4) is 0 Å². The molecule has 0 saturated heterocycles. The zero-order chi connectivity index (χ0) is 15.4. The second kappa shape index (κ2) is 6.65. The van der Waals surface area contributed by atoms with Crippen LogP contribution in [0.25, 0.3) is 0 Å². The van der Waals surface area contributed by atoms with E-state index in [4.69, 9.17) is 5.11 Å². The summed E-state index contributed by atoms with van der Waals surface area (Å²) in [4.78, 5) is 23.1. The standard InChI is InChI=1S/C15H17F2NO3/c16-11-5-3-6-12(17)10(11)8-14(19)18-13-7-2-1-4-9(13)15(20)21/h3,5-6,9,13H,1-2,4,7-8H2,(H,18,19)(H,20,21). The lowest BCUT2D eigenvalue weighted by molar-refractivity contribution is -0.144. The van der Waals surface area contributed by atoms with Crippen LogP contribution in [0.15, 0.2) is 18.2 Å². The third kappa shape index (κ3) is 3.77. The van der Waals surface area contributed by atoms with Crippen molar-refractivity contribution in [3.63, 3.8) is 0 Å². The van der Waals surface area contributed by atoms with E-state index < -0.39 is 41.9 Å². The smallest absolute Gasteiger partial charge is 0.308 e. The molecule has 2 N–H and O–H groups in total. The van der Waals surface area contributed by atoms with Crippen LogP contribution in [0.4, 0.5) is 8.78 Å². The summed E-state index contributed by atoms with van der Waals surface area (Å²) in [5.41, 5.74) is -0.294. The normalized spacial score (nSPS) is 21.8. The zero-order valence-electron chi connectivity index (χ0n) is 11.4. The summed E-state index contributed by atoms with van der Waals surface area (Å²) in [6.45, 7) is 0. The van der Waals surface area contributed by atoms with Crippen LogP contribution in [0.3, 0.4) is 0 Å². The average Bonchev–Trinajstić information content (AvgIpc) is 2.43. The number of carboxylic acids is 1. The number of aliphatic carboxylic acids is 1. The summed E-state index contributed by atoms with van der Waals surface area (Å²) in [7, 11) is 0. The third-order valence-corrected chi connectivity index (χ3v) is 3.83. The fourth-order valence-electron chi connectivity index (χ4n) is 2.72. The van der Waals surface area contributed by atoms with Gasteiger partial charge in [0.2, 0.25) is 5.91 Å². The lowest BCUT2D eigenvalue weighted by Gasteiger charge is -2.29. The minimum atomic E-state index is -0.947. The van der Waals surface area contributed by atoms with Gasteiger partial charge in [-0.15, -0.1) is 0 Å². The molecule has 6 heteroatoms. The Bertz CT molecular complexity index is 527. The van der Waals surface area contributed by atoms with Gasteiger partial charge in [-0.3, -0.25) is 9.59 Å². The fraction of sp³-hybridized carbons (Fsp3) is 0.467. The highest BCUT2D eigenvalue weighted by molar-refractivity contribution is 5.80. The molecule has 0 heterocycles. The number of rotatable bonds is 4.